The minimum atomic E-state index is -0.188. The van der Waals surface area contributed by atoms with Crippen molar-refractivity contribution in [3.05, 3.63) is 0 Å². The van der Waals surface area contributed by atoms with Gasteiger partial charge in [0.2, 0.25) is 11.8 Å². The summed E-state index contributed by atoms with van der Waals surface area (Å²) in [6, 6.07) is 0. The molecule has 2 aliphatic heterocycles. The molecule has 0 radical (unpaired) electrons. The van der Waals surface area contributed by atoms with Crippen LogP contribution in [0.25, 0.3) is 0 Å². The molecule has 0 aromatic rings. The van der Waals surface area contributed by atoms with E-state index in [1.54, 1.807) is 10.1 Å². The molecule has 5 fully saturated rings. The molecule has 0 atom stereocenters. The van der Waals surface area contributed by atoms with Gasteiger partial charge in [-0.25, -0.2) is 0 Å². The van der Waals surface area contributed by atoms with Gasteiger partial charge in [-0.2, -0.15) is 0 Å². The Kier molecular flexibility index (Phi) is 14.4. The third kappa shape index (κ3) is 10.4. The number of hydrogen-bond acceptors (Lipinski definition) is 10. The lowest BCUT2D eigenvalue weighted by molar-refractivity contribution is -0.197. The number of amides is 2. The Morgan fingerprint density at radius 1 is 0.438 bits per heavy atom. The van der Waals surface area contributed by atoms with E-state index < -0.39 is 0 Å². The van der Waals surface area contributed by atoms with Gasteiger partial charge in [-0.3, -0.25) is 19.2 Å². The molecule has 0 bridgehead atoms. The number of nitrogens with zero attached hydrogens (tertiary/aromatic N) is 4. The molecule has 0 aromatic carbocycles. The van der Waals surface area contributed by atoms with Gasteiger partial charge in [0.15, 0.2) is 0 Å². The SMILES string of the molecule is NCC1CCC(C(=O)N2CCCN(OC(=O)C3CCCC(C(=O)ON4CCCN(C(=O)C5CCC(CN)CC5)CC4)CCC3)CC2)CC1. The molecule has 48 heavy (non-hydrogen) atoms. The van der Waals surface area contributed by atoms with Gasteiger partial charge in [-0.05, 0) is 115 Å². The summed E-state index contributed by atoms with van der Waals surface area (Å²) in [5.74, 6) is 1.05. The van der Waals surface area contributed by atoms with Crippen molar-refractivity contribution in [3.8, 4) is 0 Å². The molecule has 272 valence electrons. The highest BCUT2D eigenvalue weighted by Crippen LogP contribution is 2.32. The van der Waals surface area contributed by atoms with Crippen LogP contribution < -0.4 is 11.5 Å². The largest absolute Gasteiger partial charge is 0.368 e. The fourth-order valence-electron chi connectivity index (χ4n) is 8.60. The Labute approximate surface area is 287 Å². The number of carbonyl (C=O) groups excluding carboxylic acids is 4. The van der Waals surface area contributed by atoms with Crippen LogP contribution in [-0.4, -0.2) is 109 Å². The fraction of sp³-hybridized carbons (Fsp3) is 0.889. The summed E-state index contributed by atoms with van der Waals surface area (Å²) in [7, 11) is 0. The Balaban J connectivity index is 0.988. The molecule has 2 amide bonds. The van der Waals surface area contributed by atoms with Crippen LogP contribution in [0.15, 0.2) is 0 Å². The van der Waals surface area contributed by atoms with Crippen LogP contribution in [0.5, 0.6) is 0 Å². The molecular formula is C36H62N6O6. The average Bonchev–Trinajstić information content (AvgIpc) is 3.48. The van der Waals surface area contributed by atoms with Gasteiger partial charge < -0.3 is 30.9 Å². The van der Waals surface area contributed by atoms with Gasteiger partial charge in [0.05, 0.1) is 24.9 Å². The monoisotopic (exact) mass is 674 g/mol. The average molecular weight is 675 g/mol. The third-order valence-electron chi connectivity index (χ3n) is 11.9. The lowest BCUT2D eigenvalue weighted by atomic mass is 9.81. The van der Waals surface area contributed by atoms with E-state index in [0.29, 0.717) is 103 Å². The number of rotatable bonds is 8. The predicted octanol–water partition coefficient (Wildman–Crippen LogP) is 3.09. The summed E-state index contributed by atoms with van der Waals surface area (Å²) >= 11 is 0. The standard InChI is InChI=1S/C36H62N6O6/c37-25-27-9-13-29(14-10-27)33(43)39-17-3-19-41(23-21-39)47-35(45)31-5-1-6-32(8-2-7-31)36(46)48-42-20-4-18-40(22-24-42)34(44)30-15-11-28(26-38)12-16-30/h27-32H,1-26,37-38H2. The molecule has 12 heteroatoms. The second-order valence-electron chi connectivity index (χ2n) is 15.2. The summed E-state index contributed by atoms with van der Waals surface area (Å²) < 4.78 is 0. The second kappa shape index (κ2) is 18.6. The molecule has 4 N–H and O–H groups in total. The maximum atomic E-state index is 13.2. The van der Waals surface area contributed by atoms with E-state index in [2.05, 4.69) is 0 Å². The summed E-state index contributed by atoms with van der Waals surface area (Å²) in [6.07, 6.45) is 13.7. The van der Waals surface area contributed by atoms with Crippen LogP contribution in [0.1, 0.15) is 103 Å². The molecule has 5 aliphatic rings. The van der Waals surface area contributed by atoms with E-state index >= 15 is 0 Å². The first kappa shape index (κ1) is 37.0. The van der Waals surface area contributed by atoms with E-state index in [1.807, 2.05) is 9.80 Å². The van der Waals surface area contributed by atoms with Crippen molar-refractivity contribution in [2.75, 3.05) is 65.4 Å². The van der Waals surface area contributed by atoms with Crippen LogP contribution in [0, 0.1) is 35.5 Å². The van der Waals surface area contributed by atoms with E-state index in [0.717, 1.165) is 77.0 Å². The zero-order valence-corrected chi connectivity index (χ0v) is 29.2. The molecule has 5 rings (SSSR count). The van der Waals surface area contributed by atoms with Gasteiger partial charge in [-0.1, -0.05) is 12.8 Å². The van der Waals surface area contributed by atoms with Crippen molar-refractivity contribution in [2.24, 2.45) is 47.0 Å². The molecule has 0 unspecified atom stereocenters. The van der Waals surface area contributed by atoms with Crippen molar-refractivity contribution in [1.29, 1.82) is 0 Å². The second-order valence-corrected chi connectivity index (χ2v) is 15.2. The molecular weight excluding hydrogens is 612 g/mol. The molecule has 3 aliphatic carbocycles. The van der Waals surface area contributed by atoms with Crippen LogP contribution in [0.2, 0.25) is 0 Å². The van der Waals surface area contributed by atoms with Crippen LogP contribution >= 0.6 is 0 Å². The normalized spacial score (nSPS) is 31.9. The maximum Gasteiger partial charge on any atom is 0.328 e. The van der Waals surface area contributed by atoms with Crippen molar-refractivity contribution in [3.63, 3.8) is 0 Å². The third-order valence-corrected chi connectivity index (χ3v) is 11.9. The predicted molar refractivity (Wildman–Crippen MR) is 181 cm³/mol. The van der Waals surface area contributed by atoms with Crippen LogP contribution in [0.3, 0.4) is 0 Å². The highest BCUT2D eigenvalue weighted by Gasteiger charge is 2.34. The lowest BCUT2D eigenvalue weighted by Gasteiger charge is -2.31. The maximum absolute atomic E-state index is 13.2. The molecule has 3 saturated carbocycles. The summed E-state index contributed by atoms with van der Waals surface area (Å²) in [5.41, 5.74) is 11.7. The number of hydroxylamine groups is 4. The zero-order valence-electron chi connectivity index (χ0n) is 29.2. The smallest absolute Gasteiger partial charge is 0.328 e. The van der Waals surface area contributed by atoms with Gasteiger partial charge in [-0.15, -0.1) is 10.1 Å². The van der Waals surface area contributed by atoms with Gasteiger partial charge in [0, 0.05) is 51.1 Å². The first-order chi connectivity index (χ1) is 23.3. The van der Waals surface area contributed by atoms with E-state index in [-0.39, 0.29) is 47.4 Å². The summed E-state index contributed by atoms with van der Waals surface area (Å²) in [5, 5.41) is 3.50. The van der Waals surface area contributed by atoms with Gasteiger partial charge in [0.25, 0.3) is 0 Å². The summed E-state index contributed by atoms with van der Waals surface area (Å²) in [4.78, 5) is 68.4. The topological polar surface area (TPSA) is 152 Å². The summed E-state index contributed by atoms with van der Waals surface area (Å²) in [6.45, 7) is 6.33. The number of carbonyl (C=O) groups is 4. The fourth-order valence-corrected chi connectivity index (χ4v) is 8.60. The number of nitrogens with two attached hydrogens (primary N) is 2. The Bertz CT molecular complexity index is 972. The zero-order chi connectivity index (χ0) is 33.9. The number of hydrogen-bond donors (Lipinski definition) is 2. The van der Waals surface area contributed by atoms with E-state index in [9.17, 15) is 19.2 Å². The highest BCUT2D eigenvalue weighted by atomic mass is 16.7. The van der Waals surface area contributed by atoms with Crippen LogP contribution in [0.4, 0.5) is 0 Å². The van der Waals surface area contributed by atoms with E-state index in [4.69, 9.17) is 21.1 Å². The van der Waals surface area contributed by atoms with Crippen LogP contribution in [-0.2, 0) is 28.9 Å². The Morgan fingerprint density at radius 3 is 1.17 bits per heavy atom. The molecule has 2 saturated heterocycles. The van der Waals surface area contributed by atoms with Crippen molar-refractivity contribution < 1.29 is 28.9 Å². The van der Waals surface area contributed by atoms with E-state index in [1.165, 1.54) is 0 Å². The van der Waals surface area contributed by atoms with Crippen molar-refractivity contribution in [2.45, 2.75) is 103 Å². The van der Waals surface area contributed by atoms with Gasteiger partial charge in [0.1, 0.15) is 0 Å². The minimum Gasteiger partial charge on any atom is -0.368 e. The van der Waals surface area contributed by atoms with Gasteiger partial charge >= 0.3 is 11.9 Å². The van der Waals surface area contributed by atoms with Crippen molar-refractivity contribution in [1.82, 2.24) is 19.9 Å². The highest BCUT2D eigenvalue weighted by molar-refractivity contribution is 5.79. The van der Waals surface area contributed by atoms with Crippen molar-refractivity contribution >= 4 is 23.8 Å². The molecule has 0 spiro atoms. The lowest BCUT2D eigenvalue weighted by Crippen LogP contribution is -2.41. The first-order valence-electron chi connectivity index (χ1n) is 19.3. The first-order valence-corrected chi connectivity index (χ1v) is 19.3. The Hall–Kier alpha value is -2.28. The molecule has 12 nitrogen and oxygen atoms in total. The Morgan fingerprint density at radius 2 is 0.812 bits per heavy atom. The quantitative estimate of drug-likeness (QED) is 0.393. The minimum absolute atomic E-state index is 0.0973. The molecule has 0 aromatic heterocycles. The molecule has 2 heterocycles.